The van der Waals surface area contributed by atoms with Crippen LogP contribution in [0.25, 0.3) is 0 Å². The molecule has 2 heterocycles. The summed E-state index contributed by atoms with van der Waals surface area (Å²) in [6, 6.07) is 10.3. The first kappa shape index (κ1) is 17.1. The van der Waals surface area contributed by atoms with Gasteiger partial charge in [0.1, 0.15) is 6.17 Å². The Labute approximate surface area is 145 Å². The van der Waals surface area contributed by atoms with Gasteiger partial charge in [0.05, 0.1) is 17.3 Å². The molecule has 1 aliphatic heterocycles. The number of hydrogen-bond donors (Lipinski definition) is 1. The molecule has 1 aliphatic rings. The molecule has 25 heavy (non-hydrogen) atoms. The number of amides is 1. The zero-order chi connectivity index (χ0) is 17.8. The van der Waals surface area contributed by atoms with Gasteiger partial charge in [-0.15, -0.1) is 0 Å². The van der Waals surface area contributed by atoms with E-state index in [1.165, 1.54) is 0 Å². The van der Waals surface area contributed by atoms with E-state index in [2.05, 4.69) is 10.4 Å². The van der Waals surface area contributed by atoms with E-state index < -0.39 is 6.17 Å². The van der Waals surface area contributed by atoms with E-state index in [0.717, 1.165) is 5.69 Å². The van der Waals surface area contributed by atoms with Crippen LogP contribution in [0, 0.1) is 11.3 Å². The number of halogens is 1. The molecule has 2 atom stereocenters. The van der Waals surface area contributed by atoms with E-state index in [9.17, 15) is 9.18 Å². The first-order valence-corrected chi connectivity index (χ1v) is 8.20. The van der Waals surface area contributed by atoms with Gasteiger partial charge >= 0.3 is 0 Å². The molecule has 130 valence electrons. The second-order valence-corrected chi connectivity index (χ2v) is 6.26. The van der Waals surface area contributed by atoms with E-state index in [1.807, 2.05) is 24.1 Å². The number of nitrogens with zero attached hydrogens (tertiary/aromatic N) is 4. The Morgan fingerprint density at radius 3 is 2.80 bits per heavy atom. The summed E-state index contributed by atoms with van der Waals surface area (Å²) in [5.74, 6) is -0.215. The van der Waals surface area contributed by atoms with Crippen molar-refractivity contribution in [3.8, 4) is 6.07 Å². The van der Waals surface area contributed by atoms with Crippen LogP contribution < -0.4 is 5.32 Å². The Morgan fingerprint density at radius 1 is 1.40 bits per heavy atom. The Morgan fingerprint density at radius 2 is 2.16 bits per heavy atom. The van der Waals surface area contributed by atoms with Crippen molar-refractivity contribution in [1.82, 2.24) is 20.0 Å². The highest BCUT2D eigenvalue weighted by Crippen LogP contribution is 2.22. The number of benzene rings is 1. The second-order valence-electron chi connectivity index (χ2n) is 6.26. The Kier molecular flexibility index (Phi) is 5.10. The predicted molar refractivity (Wildman–Crippen MR) is 90.4 cm³/mol. The third kappa shape index (κ3) is 4.03. The van der Waals surface area contributed by atoms with Gasteiger partial charge in [-0.2, -0.15) is 10.4 Å². The number of nitrogens with one attached hydrogen (secondary N) is 1. The minimum absolute atomic E-state index is 0.0489. The Bertz CT molecular complexity index is 780. The lowest BCUT2D eigenvalue weighted by atomic mass is 10.1. The minimum atomic E-state index is -0.884. The third-order valence-corrected chi connectivity index (χ3v) is 4.54. The first-order valence-electron chi connectivity index (χ1n) is 8.20. The van der Waals surface area contributed by atoms with Crippen LogP contribution in [0.4, 0.5) is 4.39 Å². The van der Waals surface area contributed by atoms with Crippen LogP contribution in [0.15, 0.2) is 36.5 Å². The van der Waals surface area contributed by atoms with Gasteiger partial charge in [0, 0.05) is 44.5 Å². The highest BCUT2D eigenvalue weighted by Gasteiger charge is 2.32. The van der Waals surface area contributed by atoms with E-state index >= 15 is 0 Å². The molecule has 1 saturated heterocycles. The minimum Gasteiger partial charge on any atom is -0.350 e. The summed E-state index contributed by atoms with van der Waals surface area (Å²) in [5, 5.41) is 15.8. The number of aryl methyl sites for hydroxylation is 1. The SMILES string of the molecule is Cn1nccc1CN1C[C@@H](F)C[C@H]1CNC(=O)c1ccc(C#N)cc1. The van der Waals surface area contributed by atoms with Crippen LogP contribution in [-0.2, 0) is 13.6 Å². The predicted octanol–water partition coefficient (Wildman–Crippen LogP) is 1.63. The number of alkyl halides is 1. The van der Waals surface area contributed by atoms with Crippen molar-refractivity contribution in [3.05, 3.63) is 53.3 Å². The van der Waals surface area contributed by atoms with E-state index in [4.69, 9.17) is 5.26 Å². The van der Waals surface area contributed by atoms with Crippen LogP contribution in [0.2, 0.25) is 0 Å². The number of hydrogen-bond acceptors (Lipinski definition) is 4. The number of nitriles is 1. The van der Waals surface area contributed by atoms with Crippen molar-refractivity contribution in [2.75, 3.05) is 13.1 Å². The van der Waals surface area contributed by atoms with E-state index in [0.29, 0.717) is 37.2 Å². The third-order valence-electron chi connectivity index (χ3n) is 4.54. The number of rotatable bonds is 5. The lowest BCUT2D eigenvalue weighted by Crippen LogP contribution is -2.40. The largest absolute Gasteiger partial charge is 0.350 e. The molecule has 1 N–H and O–H groups in total. The zero-order valence-corrected chi connectivity index (χ0v) is 14.0. The molecule has 0 bridgehead atoms. The summed E-state index contributed by atoms with van der Waals surface area (Å²) in [4.78, 5) is 14.3. The maximum atomic E-state index is 13.9. The van der Waals surface area contributed by atoms with Crippen molar-refractivity contribution < 1.29 is 9.18 Å². The standard InChI is InChI=1S/C18H20FN5O/c1-23-16(6-7-22-23)12-24-11-15(19)8-17(24)10-21-18(25)14-4-2-13(9-20)3-5-14/h2-7,15,17H,8,10-12H2,1H3,(H,21,25)/t15-,17-/m0/s1. The maximum Gasteiger partial charge on any atom is 0.251 e. The second kappa shape index (κ2) is 7.45. The van der Waals surface area contributed by atoms with Gasteiger partial charge in [-0.1, -0.05) is 0 Å². The molecular formula is C18H20FN5O. The smallest absolute Gasteiger partial charge is 0.251 e. The van der Waals surface area contributed by atoms with Crippen molar-refractivity contribution >= 4 is 5.91 Å². The van der Waals surface area contributed by atoms with Gasteiger partial charge in [-0.3, -0.25) is 14.4 Å². The summed E-state index contributed by atoms with van der Waals surface area (Å²) in [6.07, 6.45) is 1.25. The summed E-state index contributed by atoms with van der Waals surface area (Å²) < 4.78 is 15.7. The molecule has 1 aromatic carbocycles. The van der Waals surface area contributed by atoms with Gasteiger partial charge in [-0.25, -0.2) is 4.39 Å². The molecule has 2 aromatic rings. The highest BCUT2D eigenvalue weighted by atomic mass is 19.1. The monoisotopic (exact) mass is 341 g/mol. The maximum absolute atomic E-state index is 13.9. The molecule has 1 aromatic heterocycles. The molecule has 3 rings (SSSR count). The number of aromatic nitrogens is 2. The lowest BCUT2D eigenvalue weighted by Gasteiger charge is -2.24. The molecule has 1 fully saturated rings. The first-order chi connectivity index (χ1) is 12.1. The fourth-order valence-corrected chi connectivity index (χ4v) is 3.10. The fraction of sp³-hybridized carbons (Fsp3) is 0.389. The molecule has 0 aliphatic carbocycles. The van der Waals surface area contributed by atoms with Crippen LogP contribution in [0.5, 0.6) is 0 Å². The average Bonchev–Trinajstić information content (AvgIpc) is 3.18. The lowest BCUT2D eigenvalue weighted by molar-refractivity contribution is 0.0939. The van der Waals surface area contributed by atoms with Gasteiger partial charge in [0.25, 0.3) is 5.91 Å². The van der Waals surface area contributed by atoms with Crippen molar-refractivity contribution in [3.63, 3.8) is 0 Å². The summed E-state index contributed by atoms with van der Waals surface area (Å²) in [7, 11) is 1.86. The van der Waals surface area contributed by atoms with Gasteiger partial charge in [-0.05, 0) is 36.8 Å². The normalized spacial score (nSPS) is 20.4. The van der Waals surface area contributed by atoms with Gasteiger partial charge < -0.3 is 5.32 Å². The van der Waals surface area contributed by atoms with Gasteiger partial charge in [0.2, 0.25) is 0 Å². The molecule has 0 saturated carbocycles. The van der Waals surface area contributed by atoms with Crippen LogP contribution >= 0.6 is 0 Å². The molecule has 0 radical (unpaired) electrons. The molecule has 6 nitrogen and oxygen atoms in total. The molecule has 7 heteroatoms. The van der Waals surface area contributed by atoms with Crippen molar-refractivity contribution in [2.45, 2.75) is 25.2 Å². The summed E-state index contributed by atoms with van der Waals surface area (Å²) in [5.41, 5.74) is 2.01. The quantitative estimate of drug-likeness (QED) is 0.897. The molecule has 0 unspecified atom stereocenters. The highest BCUT2D eigenvalue weighted by molar-refractivity contribution is 5.94. The Balaban J connectivity index is 1.59. The Hall–Kier alpha value is -2.72. The van der Waals surface area contributed by atoms with Crippen LogP contribution in [0.1, 0.15) is 28.0 Å². The number of carbonyl (C=O) groups excluding carboxylic acids is 1. The molecule has 0 spiro atoms. The molecular weight excluding hydrogens is 321 g/mol. The van der Waals surface area contributed by atoms with Crippen LogP contribution in [-0.4, -0.2) is 45.9 Å². The van der Waals surface area contributed by atoms with E-state index in [1.54, 1.807) is 35.1 Å². The number of likely N-dealkylation sites (tertiary alicyclic amines) is 1. The summed E-state index contributed by atoms with van der Waals surface area (Å²) >= 11 is 0. The van der Waals surface area contributed by atoms with Gasteiger partial charge in [0.15, 0.2) is 0 Å². The molecule has 1 amide bonds. The van der Waals surface area contributed by atoms with E-state index in [-0.39, 0.29) is 11.9 Å². The van der Waals surface area contributed by atoms with Crippen LogP contribution in [0.3, 0.4) is 0 Å². The zero-order valence-electron chi connectivity index (χ0n) is 14.0. The topological polar surface area (TPSA) is 74.0 Å². The van der Waals surface area contributed by atoms with Crippen molar-refractivity contribution in [2.24, 2.45) is 7.05 Å². The average molecular weight is 341 g/mol. The summed E-state index contributed by atoms with van der Waals surface area (Å²) in [6.45, 7) is 1.36. The van der Waals surface area contributed by atoms with Crippen molar-refractivity contribution in [1.29, 1.82) is 5.26 Å². The fourth-order valence-electron chi connectivity index (χ4n) is 3.10. The number of carbonyl (C=O) groups is 1.